The Labute approximate surface area is 82.0 Å². The van der Waals surface area contributed by atoms with Crippen LogP contribution in [0.1, 0.15) is 45.2 Å². The van der Waals surface area contributed by atoms with Crippen molar-refractivity contribution in [1.82, 2.24) is 0 Å². The third-order valence-electron chi connectivity index (χ3n) is 3.03. The minimum Gasteiger partial charge on any atom is -0.0646 e. The lowest BCUT2D eigenvalue weighted by Crippen LogP contribution is -2.15. The van der Waals surface area contributed by atoms with Gasteiger partial charge in [0.05, 0.1) is 0 Å². The van der Waals surface area contributed by atoms with Gasteiger partial charge >= 0.3 is 0 Å². The molecule has 0 spiro atoms. The molecule has 0 saturated heterocycles. The zero-order valence-electron chi connectivity index (χ0n) is 9.22. The molecule has 0 atom stereocenters. The zero-order chi connectivity index (χ0) is 9.90. The summed E-state index contributed by atoms with van der Waals surface area (Å²) in [6, 6.07) is 9.02. The third-order valence-corrected chi connectivity index (χ3v) is 3.03. The van der Waals surface area contributed by atoms with Gasteiger partial charge in [0.1, 0.15) is 0 Å². The molecule has 0 nitrogen and oxygen atoms in total. The van der Waals surface area contributed by atoms with Crippen molar-refractivity contribution in [1.29, 1.82) is 0 Å². The molecule has 0 aliphatic heterocycles. The molecule has 0 aliphatic rings. The average Bonchev–Trinajstić information content (AvgIpc) is 2.18. The van der Waals surface area contributed by atoms with Crippen molar-refractivity contribution in [3.8, 4) is 0 Å². The van der Waals surface area contributed by atoms with Crippen molar-refractivity contribution in [2.75, 3.05) is 0 Å². The lowest BCUT2D eigenvalue weighted by Gasteiger charge is -2.23. The number of rotatable bonds is 3. The monoisotopic (exact) mass is 176 g/mol. The van der Waals surface area contributed by atoms with Crippen LogP contribution in [0.5, 0.6) is 0 Å². The highest BCUT2D eigenvalue weighted by molar-refractivity contribution is 5.27. The van der Waals surface area contributed by atoms with Crippen LogP contribution in [-0.4, -0.2) is 0 Å². The van der Waals surface area contributed by atoms with Gasteiger partial charge in [-0.05, 0) is 29.4 Å². The van der Waals surface area contributed by atoms with Crippen LogP contribution in [-0.2, 0) is 11.8 Å². The van der Waals surface area contributed by atoms with Gasteiger partial charge in [-0.15, -0.1) is 0 Å². The SMILES string of the molecule is CCc1ccc(C(C)(C)CC)cc1. The largest absolute Gasteiger partial charge is 0.0646 e. The molecule has 0 heteroatoms. The maximum Gasteiger partial charge on any atom is -0.0106 e. The molecule has 0 aliphatic carbocycles. The van der Waals surface area contributed by atoms with Crippen LogP contribution < -0.4 is 0 Å². The molecule has 0 amide bonds. The van der Waals surface area contributed by atoms with E-state index < -0.39 is 0 Å². The fourth-order valence-corrected chi connectivity index (χ4v) is 1.40. The van der Waals surface area contributed by atoms with Crippen LogP contribution >= 0.6 is 0 Å². The lowest BCUT2D eigenvalue weighted by molar-refractivity contribution is 0.506. The molecule has 0 heterocycles. The third kappa shape index (κ3) is 2.33. The Kier molecular flexibility index (Phi) is 3.13. The molecule has 1 rings (SSSR count). The smallest absolute Gasteiger partial charge is 0.0106 e. The Balaban J connectivity index is 2.92. The molecule has 0 aromatic heterocycles. The van der Waals surface area contributed by atoms with E-state index in [9.17, 15) is 0 Å². The van der Waals surface area contributed by atoms with Crippen LogP contribution in [0.4, 0.5) is 0 Å². The van der Waals surface area contributed by atoms with Crippen LogP contribution in [0.2, 0.25) is 0 Å². The van der Waals surface area contributed by atoms with Gasteiger partial charge in [0.25, 0.3) is 0 Å². The van der Waals surface area contributed by atoms with Crippen molar-refractivity contribution in [2.24, 2.45) is 0 Å². The molecular weight excluding hydrogens is 156 g/mol. The minimum atomic E-state index is 0.326. The van der Waals surface area contributed by atoms with E-state index in [4.69, 9.17) is 0 Å². The van der Waals surface area contributed by atoms with Gasteiger partial charge in [0.15, 0.2) is 0 Å². The normalized spacial score (nSPS) is 11.7. The van der Waals surface area contributed by atoms with Crippen LogP contribution in [0.15, 0.2) is 24.3 Å². The molecule has 72 valence electrons. The summed E-state index contributed by atoms with van der Waals surface area (Å²) in [5.41, 5.74) is 3.20. The van der Waals surface area contributed by atoms with Crippen LogP contribution in [0.3, 0.4) is 0 Å². The average molecular weight is 176 g/mol. The number of hydrogen-bond acceptors (Lipinski definition) is 0. The molecule has 0 N–H and O–H groups in total. The summed E-state index contributed by atoms with van der Waals surface area (Å²) in [7, 11) is 0. The van der Waals surface area contributed by atoms with Crippen LogP contribution in [0.25, 0.3) is 0 Å². The number of hydrogen-bond donors (Lipinski definition) is 0. The highest BCUT2D eigenvalue weighted by Gasteiger charge is 2.16. The van der Waals surface area contributed by atoms with E-state index >= 15 is 0 Å². The Hall–Kier alpha value is -0.780. The van der Waals surface area contributed by atoms with E-state index in [1.807, 2.05) is 0 Å². The summed E-state index contributed by atoms with van der Waals surface area (Å²) in [4.78, 5) is 0. The molecule has 13 heavy (non-hydrogen) atoms. The second-order valence-corrected chi connectivity index (χ2v) is 4.29. The molecular formula is C13H20. The van der Waals surface area contributed by atoms with Gasteiger partial charge < -0.3 is 0 Å². The van der Waals surface area contributed by atoms with E-state index in [1.165, 1.54) is 17.5 Å². The predicted molar refractivity (Wildman–Crippen MR) is 59.1 cm³/mol. The Morgan fingerprint density at radius 1 is 1.00 bits per heavy atom. The topological polar surface area (TPSA) is 0 Å². The highest BCUT2D eigenvalue weighted by Crippen LogP contribution is 2.26. The summed E-state index contributed by atoms with van der Waals surface area (Å²) in [5, 5.41) is 0. The van der Waals surface area contributed by atoms with Crippen molar-refractivity contribution in [3.63, 3.8) is 0 Å². The van der Waals surface area contributed by atoms with Gasteiger partial charge in [0, 0.05) is 0 Å². The Morgan fingerprint density at radius 3 is 1.92 bits per heavy atom. The van der Waals surface area contributed by atoms with Crippen molar-refractivity contribution in [3.05, 3.63) is 35.4 Å². The summed E-state index contributed by atoms with van der Waals surface area (Å²) in [5.74, 6) is 0. The highest BCUT2D eigenvalue weighted by atomic mass is 14.2. The summed E-state index contributed by atoms with van der Waals surface area (Å²) in [6.07, 6.45) is 2.32. The second kappa shape index (κ2) is 3.95. The maximum atomic E-state index is 2.30. The number of benzene rings is 1. The molecule has 0 bridgehead atoms. The predicted octanol–water partition coefficient (Wildman–Crippen LogP) is 3.94. The molecule has 0 fully saturated rings. The summed E-state index contributed by atoms with van der Waals surface area (Å²) < 4.78 is 0. The minimum absolute atomic E-state index is 0.326. The molecule has 0 unspecified atom stereocenters. The molecule has 0 saturated carbocycles. The fourth-order valence-electron chi connectivity index (χ4n) is 1.40. The first-order chi connectivity index (χ1) is 6.10. The van der Waals surface area contributed by atoms with Crippen LogP contribution in [0, 0.1) is 0 Å². The first-order valence-corrected chi connectivity index (χ1v) is 5.19. The van der Waals surface area contributed by atoms with E-state index in [0.29, 0.717) is 5.41 Å². The summed E-state index contributed by atoms with van der Waals surface area (Å²) >= 11 is 0. The van der Waals surface area contributed by atoms with Crippen molar-refractivity contribution < 1.29 is 0 Å². The zero-order valence-corrected chi connectivity index (χ0v) is 9.22. The Bertz CT molecular complexity index is 254. The van der Waals surface area contributed by atoms with E-state index in [2.05, 4.69) is 52.0 Å². The van der Waals surface area contributed by atoms with E-state index in [0.717, 1.165) is 6.42 Å². The first-order valence-electron chi connectivity index (χ1n) is 5.19. The molecule has 1 aromatic carbocycles. The molecule has 1 aromatic rings. The van der Waals surface area contributed by atoms with E-state index in [-0.39, 0.29) is 0 Å². The standard InChI is InChI=1S/C13H20/c1-5-11-7-9-12(10-8-11)13(3,4)6-2/h7-10H,5-6H2,1-4H3. The molecule has 0 radical (unpaired) electrons. The van der Waals surface area contributed by atoms with E-state index in [1.54, 1.807) is 0 Å². The van der Waals surface area contributed by atoms with Gasteiger partial charge in [-0.25, -0.2) is 0 Å². The van der Waals surface area contributed by atoms with Crippen molar-refractivity contribution in [2.45, 2.75) is 46.0 Å². The first kappa shape index (κ1) is 10.3. The quantitative estimate of drug-likeness (QED) is 0.654. The van der Waals surface area contributed by atoms with Gasteiger partial charge in [-0.2, -0.15) is 0 Å². The summed E-state index contributed by atoms with van der Waals surface area (Å²) in [6.45, 7) is 9.04. The second-order valence-electron chi connectivity index (χ2n) is 4.29. The Morgan fingerprint density at radius 2 is 1.54 bits per heavy atom. The maximum absolute atomic E-state index is 2.30. The lowest BCUT2D eigenvalue weighted by atomic mass is 9.82. The van der Waals surface area contributed by atoms with Gasteiger partial charge in [0.2, 0.25) is 0 Å². The fraction of sp³-hybridized carbons (Fsp3) is 0.538. The van der Waals surface area contributed by atoms with Gasteiger partial charge in [-0.3, -0.25) is 0 Å². The van der Waals surface area contributed by atoms with Gasteiger partial charge in [-0.1, -0.05) is 52.0 Å². The number of aryl methyl sites for hydroxylation is 1. The van der Waals surface area contributed by atoms with Crippen molar-refractivity contribution >= 4 is 0 Å².